The summed E-state index contributed by atoms with van der Waals surface area (Å²) in [6, 6.07) is 23.1. The van der Waals surface area contributed by atoms with E-state index in [2.05, 4.69) is 10.3 Å². The molecule has 2 aromatic carbocycles. The summed E-state index contributed by atoms with van der Waals surface area (Å²) in [7, 11) is -3.85. The first-order valence-electron chi connectivity index (χ1n) is 12.2. The molecular formula is C30H28N4O4S. The minimum atomic E-state index is -3.85. The molecule has 0 spiro atoms. The summed E-state index contributed by atoms with van der Waals surface area (Å²) in [5.74, 6) is 0.0838. The van der Waals surface area contributed by atoms with E-state index < -0.39 is 15.9 Å². The van der Waals surface area contributed by atoms with Crippen molar-refractivity contribution in [2.45, 2.75) is 38.4 Å². The SMILES string of the molecule is Cc1ccc(CN(Cc2ccc(/C=C(/C#N)C(=O)NCc3cccnc3)o2)S(=O)(=O)c2ccc(C)cc2)cc1. The van der Waals surface area contributed by atoms with E-state index in [1.807, 2.05) is 50.2 Å². The second-order valence-corrected chi connectivity index (χ2v) is 11.0. The van der Waals surface area contributed by atoms with Crippen LogP contribution in [0.1, 0.15) is 33.8 Å². The average molecular weight is 541 g/mol. The second-order valence-electron chi connectivity index (χ2n) is 9.09. The van der Waals surface area contributed by atoms with Gasteiger partial charge in [0.05, 0.1) is 11.4 Å². The number of carbonyl (C=O) groups excluding carboxylic acids is 1. The van der Waals surface area contributed by atoms with E-state index in [-0.39, 0.29) is 35.9 Å². The minimum absolute atomic E-state index is 0.0347. The zero-order valence-corrected chi connectivity index (χ0v) is 22.5. The molecule has 4 aromatic rings. The summed E-state index contributed by atoms with van der Waals surface area (Å²) in [5, 5.41) is 12.2. The Kier molecular flexibility index (Phi) is 8.71. The second kappa shape index (κ2) is 12.3. The van der Waals surface area contributed by atoms with Gasteiger partial charge in [-0.15, -0.1) is 0 Å². The molecule has 9 heteroatoms. The van der Waals surface area contributed by atoms with Gasteiger partial charge in [0, 0.05) is 31.6 Å². The van der Waals surface area contributed by atoms with Crippen LogP contribution in [0.5, 0.6) is 0 Å². The van der Waals surface area contributed by atoms with E-state index in [0.717, 1.165) is 22.3 Å². The van der Waals surface area contributed by atoms with Crippen molar-refractivity contribution < 1.29 is 17.6 Å². The summed E-state index contributed by atoms with van der Waals surface area (Å²) in [4.78, 5) is 16.7. The van der Waals surface area contributed by atoms with Crippen molar-refractivity contribution in [3.63, 3.8) is 0 Å². The predicted octanol–water partition coefficient (Wildman–Crippen LogP) is 4.91. The van der Waals surface area contributed by atoms with Gasteiger partial charge in [-0.05, 0) is 55.3 Å². The molecule has 0 unspecified atom stereocenters. The van der Waals surface area contributed by atoms with Crippen LogP contribution < -0.4 is 5.32 Å². The molecule has 1 amide bonds. The van der Waals surface area contributed by atoms with Crippen LogP contribution in [0.15, 0.2) is 100 Å². The van der Waals surface area contributed by atoms with Crippen LogP contribution in [-0.4, -0.2) is 23.6 Å². The number of furan rings is 1. The number of nitrogens with one attached hydrogen (secondary N) is 1. The third kappa shape index (κ3) is 7.29. The first-order chi connectivity index (χ1) is 18.7. The van der Waals surface area contributed by atoms with Crippen molar-refractivity contribution >= 4 is 22.0 Å². The van der Waals surface area contributed by atoms with Crippen molar-refractivity contribution in [2.75, 3.05) is 0 Å². The molecule has 0 saturated heterocycles. The number of nitrogens with zero attached hydrogens (tertiary/aromatic N) is 3. The first-order valence-corrected chi connectivity index (χ1v) is 13.7. The number of rotatable bonds is 10. The van der Waals surface area contributed by atoms with Gasteiger partial charge in [0.15, 0.2) is 0 Å². The normalized spacial score (nSPS) is 11.8. The third-order valence-corrected chi connectivity index (χ3v) is 7.79. The molecule has 0 aliphatic carbocycles. The van der Waals surface area contributed by atoms with Crippen LogP contribution in [-0.2, 0) is 34.5 Å². The topological polar surface area (TPSA) is 116 Å². The number of hydrogen-bond donors (Lipinski definition) is 1. The number of benzene rings is 2. The fourth-order valence-corrected chi connectivity index (χ4v) is 5.18. The summed E-state index contributed by atoms with van der Waals surface area (Å²) < 4.78 is 34.4. The Labute approximate surface area is 228 Å². The molecule has 0 radical (unpaired) electrons. The number of sulfonamides is 1. The molecule has 39 heavy (non-hydrogen) atoms. The van der Waals surface area contributed by atoms with Gasteiger partial charge in [0.25, 0.3) is 5.91 Å². The zero-order chi connectivity index (χ0) is 27.8. The Morgan fingerprint density at radius 3 is 2.31 bits per heavy atom. The lowest BCUT2D eigenvalue weighted by Gasteiger charge is -2.21. The fraction of sp³-hybridized carbons (Fsp3) is 0.167. The van der Waals surface area contributed by atoms with Gasteiger partial charge in [-0.3, -0.25) is 9.78 Å². The van der Waals surface area contributed by atoms with Crippen LogP contribution in [0.2, 0.25) is 0 Å². The van der Waals surface area contributed by atoms with Crippen molar-refractivity contribution in [3.05, 3.63) is 125 Å². The number of amides is 1. The van der Waals surface area contributed by atoms with Crippen LogP contribution in [0.4, 0.5) is 0 Å². The van der Waals surface area contributed by atoms with Gasteiger partial charge < -0.3 is 9.73 Å². The smallest absolute Gasteiger partial charge is 0.262 e. The number of carbonyl (C=O) groups is 1. The van der Waals surface area contributed by atoms with E-state index in [9.17, 15) is 18.5 Å². The van der Waals surface area contributed by atoms with Crippen LogP contribution in [0.3, 0.4) is 0 Å². The maximum atomic E-state index is 13.6. The molecule has 0 aliphatic rings. The molecule has 8 nitrogen and oxygen atoms in total. The highest BCUT2D eigenvalue weighted by Gasteiger charge is 2.26. The van der Waals surface area contributed by atoms with E-state index in [1.165, 1.54) is 10.4 Å². The lowest BCUT2D eigenvalue weighted by molar-refractivity contribution is -0.117. The van der Waals surface area contributed by atoms with Gasteiger partial charge in [-0.1, -0.05) is 53.6 Å². The molecule has 2 heterocycles. The molecule has 0 atom stereocenters. The quantitative estimate of drug-likeness (QED) is 0.226. The highest BCUT2D eigenvalue weighted by molar-refractivity contribution is 7.89. The number of aryl methyl sites for hydroxylation is 2. The number of pyridine rings is 1. The third-order valence-electron chi connectivity index (χ3n) is 5.98. The molecular weight excluding hydrogens is 512 g/mol. The van der Waals surface area contributed by atoms with E-state index in [1.54, 1.807) is 54.9 Å². The summed E-state index contributed by atoms with van der Waals surface area (Å²) in [5.41, 5.74) is 3.53. The first kappa shape index (κ1) is 27.5. The zero-order valence-electron chi connectivity index (χ0n) is 21.7. The molecule has 0 bridgehead atoms. The van der Waals surface area contributed by atoms with Gasteiger partial charge in [0.2, 0.25) is 10.0 Å². The van der Waals surface area contributed by atoms with Gasteiger partial charge in [-0.25, -0.2) is 8.42 Å². The van der Waals surface area contributed by atoms with Crippen LogP contribution >= 0.6 is 0 Å². The molecule has 0 fully saturated rings. The summed E-state index contributed by atoms with van der Waals surface area (Å²) in [6.45, 7) is 4.19. The Hall–Kier alpha value is -4.52. The molecule has 2 aromatic heterocycles. The Morgan fingerprint density at radius 1 is 0.974 bits per heavy atom. The number of nitriles is 1. The van der Waals surface area contributed by atoms with Gasteiger partial charge >= 0.3 is 0 Å². The molecule has 0 aliphatic heterocycles. The van der Waals surface area contributed by atoms with E-state index in [0.29, 0.717) is 5.76 Å². The van der Waals surface area contributed by atoms with Gasteiger partial charge in [0.1, 0.15) is 23.2 Å². The Morgan fingerprint density at radius 2 is 1.67 bits per heavy atom. The minimum Gasteiger partial charge on any atom is -0.460 e. The molecule has 1 N–H and O–H groups in total. The van der Waals surface area contributed by atoms with Crippen LogP contribution in [0, 0.1) is 25.2 Å². The highest BCUT2D eigenvalue weighted by atomic mass is 32.2. The van der Waals surface area contributed by atoms with Crippen molar-refractivity contribution in [1.29, 1.82) is 5.26 Å². The highest BCUT2D eigenvalue weighted by Crippen LogP contribution is 2.23. The Balaban J connectivity index is 1.54. The lowest BCUT2D eigenvalue weighted by Crippen LogP contribution is -2.30. The standard InChI is InChI=1S/C30H28N4O4S/c1-22-5-9-24(10-6-22)20-34(39(36,37)29-13-7-23(2)8-14-29)21-28-12-11-27(38-28)16-26(17-31)30(35)33-19-25-4-3-15-32-18-25/h3-16,18H,19-21H2,1-2H3,(H,33,35)/b26-16-. The number of hydrogen-bond acceptors (Lipinski definition) is 6. The van der Waals surface area contributed by atoms with Crippen LogP contribution in [0.25, 0.3) is 6.08 Å². The fourth-order valence-electron chi connectivity index (χ4n) is 3.78. The van der Waals surface area contributed by atoms with E-state index >= 15 is 0 Å². The summed E-state index contributed by atoms with van der Waals surface area (Å²) in [6.07, 6.45) is 4.59. The molecule has 4 rings (SSSR count). The van der Waals surface area contributed by atoms with Crippen molar-refractivity contribution in [1.82, 2.24) is 14.6 Å². The predicted molar refractivity (Wildman–Crippen MR) is 147 cm³/mol. The molecule has 0 saturated carbocycles. The van der Waals surface area contributed by atoms with E-state index in [4.69, 9.17) is 4.42 Å². The average Bonchev–Trinajstić information content (AvgIpc) is 3.39. The largest absolute Gasteiger partial charge is 0.460 e. The lowest BCUT2D eigenvalue weighted by atomic mass is 10.1. The van der Waals surface area contributed by atoms with Crippen molar-refractivity contribution in [3.8, 4) is 6.07 Å². The maximum Gasteiger partial charge on any atom is 0.262 e. The molecule has 198 valence electrons. The summed E-state index contributed by atoms with van der Waals surface area (Å²) >= 11 is 0. The number of aromatic nitrogens is 1. The van der Waals surface area contributed by atoms with Crippen molar-refractivity contribution in [2.24, 2.45) is 0 Å². The van der Waals surface area contributed by atoms with Gasteiger partial charge in [-0.2, -0.15) is 9.57 Å². The monoisotopic (exact) mass is 540 g/mol. The Bertz CT molecular complexity index is 1600. The maximum absolute atomic E-state index is 13.6.